The molecule has 0 fully saturated rings. The molecule has 0 saturated heterocycles. The van der Waals surface area contributed by atoms with Crippen LogP contribution in [0.5, 0.6) is 0 Å². The van der Waals surface area contributed by atoms with Crippen molar-refractivity contribution >= 4 is 34.6 Å². The highest BCUT2D eigenvalue weighted by Crippen LogP contribution is 2.35. The number of amidine groups is 1. The van der Waals surface area contributed by atoms with Gasteiger partial charge in [-0.25, -0.2) is 9.67 Å². The average molecular weight is 546 g/mol. The van der Waals surface area contributed by atoms with Crippen molar-refractivity contribution in [1.29, 1.82) is 5.26 Å². The number of benzene rings is 1. The van der Waals surface area contributed by atoms with E-state index < -0.39 is 0 Å². The Kier molecular flexibility index (Phi) is 6.72. The van der Waals surface area contributed by atoms with E-state index >= 15 is 0 Å². The second kappa shape index (κ2) is 10.1. The van der Waals surface area contributed by atoms with Crippen LogP contribution in [0, 0.1) is 11.3 Å². The van der Waals surface area contributed by atoms with Crippen molar-refractivity contribution in [3.8, 4) is 22.9 Å². The molecule has 12 heteroatoms. The fourth-order valence-corrected chi connectivity index (χ4v) is 4.90. The van der Waals surface area contributed by atoms with Crippen LogP contribution in [-0.2, 0) is 6.42 Å². The Bertz CT molecular complexity index is 1740. The van der Waals surface area contributed by atoms with Gasteiger partial charge in [0.2, 0.25) is 0 Å². The Labute approximate surface area is 227 Å². The minimum absolute atomic E-state index is 0.180. The summed E-state index contributed by atoms with van der Waals surface area (Å²) in [5.41, 5.74) is 9.71. The number of pyridine rings is 1. The number of aliphatic imine (C=N–C) groups is 1. The summed E-state index contributed by atoms with van der Waals surface area (Å²) in [7, 11) is 1.59. The van der Waals surface area contributed by atoms with E-state index in [0.717, 1.165) is 5.69 Å². The van der Waals surface area contributed by atoms with E-state index in [9.17, 15) is 4.79 Å². The Hall–Kier alpha value is -4.46. The number of rotatable bonds is 6. The maximum atomic E-state index is 13.4. The molecule has 0 bridgehead atoms. The van der Waals surface area contributed by atoms with Crippen LogP contribution in [0.1, 0.15) is 35.4 Å². The van der Waals surface area contributed by atoms with Crippen LogP contribution in [0.3, 0.4) is 0 Å². The molecule has 10 nitrogen and oxygen atoms in total. The first-order valence-electron chi connectivity index (χ1n) is 11.5. The lowest BCUT2D eigenvalue weighted by molar-refractivity contribution is 0.571. The van der Waals surface area contributed by atoms with Crippen molar-refractivity contribution < 1.29 is 0 Å². The number of aromatic nitrogens is 6. The van der Waals surface area contributed by atoms with Crippen molar-refractivity contribution in [2.45, 2.75) is 18.9 Å². The summed E-state index contributed by atoms with van der Waals surface area (Å²) in [5, 5.41) is 17.8. The fourth-order valence-electron chi connectivity index (χ4n) is 4.47. The quantitative estimate of drug-likeness (QED) is 0.212. The second-order valence-corrected chi connectivity index (χ2v) is 9.41. The zero-order chi connectivity index (χ0) is 27.0. The number of nitriles is 1. The topological polar surface area (TPSA) is 144 Å². The minimum atomic E-state index is -0.316. The first kappa shape index (κ1) is 25.2. The summed E-state index contributed by atoms with van der Waals surface area (Å²) >= 11 is 12.7. The Morgan fingerprint density at radius 2 is 2.13 bits per heavy atom. The number of halogens is 2. The smallest absolute Gasteiger partial charge is 0.252 e. The average Bonchev–Trinajstić information content (AvgIpc) is 3.65. The number of nitrogens with zero attached hydrogens (tertiary/aromatic N) is 7. The molecule has 4 aromatic rings. The van der Waals surface area contributed by atoms with Gasteiger partial charge < -0.3 is 15.3 Å². The molecule has 0 saturated carbocycles. The normalized spacial score (nSPS) is 15.1. The number of aromatic amines is 1. The van der Waals surface area contributed by atoms with Gasteiger partial charge in [0.1, 0.15) is 17.7 Å². The van der Waals surface area contributed by atoms with Crippen molar-refractivity contribution in [2.24, 2.45) is 10.7 Å². The molecule has 1 aliphatic heterocycles. The van der Waals surface area contributed by atoms with Crippen LogP contribution in [0.25, 0.3) is 22.4 Å². The number of fused-ring (bicyclic) bond motifs is 1. The maximum Gasteiger partial charge on any atom is 0.252 e. The molecule has 190 valence electrons. The predicted octanol–water partition coefficient (Wildman–Crippen LogP) is 4.09. The van der Waals surface area contributed by atoms with Gasteiger partial charge in [0.25, 0.3) is 5.56 Å². The number of imidazole rings is 1. The summed E-state index contributed by atoms with van der Waals surface area (Å²) in [4.78, 5) is 25.0. The molecule has 0 aliphatic carbocycles. The molecule has 1 aromatic carbocycles. The van der Waals surface area contributed by atoms with E-state index in [4.69, 9.17) is 34.2 Å². The lowest BCUT2D eigenvalue weighted by Gasteiger charge is -2.15. The lowest BCUT2D eigenvalue weighted by atomic mass is 10.0. The van der Waals surface area contributed by atoms with Gasteiger partial charge in [-0.1, -0.05) is 35.0 Å². The molecule has 0 radical (unpaired) electrons. The maximum absolute atomic E-state index is 13.4. The Morgan fingerprint density at radius 3 is 2.87 bits per heavy atom. The van der Waals surface area contributed by atoms with E-state index in [-0.39, 0.29) is 22.4 Å². The highest BCUT2D eigenvalue weighted by molar-refractivity contribution is 6.31. The zero-order valence-electron chi connectivity index (χ0n) is 20.2. The molecule has 1 atom stereocenters. The van der Waals surface area contributed by atoms with Gasteiger partial charge in [0, 0.05) is 29.4 Å². The number of hydrogen-bond acceptors (Lipinski definition) is 6. The van der Waals surface area contributed by atoms with Gasteiger partial charge in [-0.15, -0.1) is 5.10 Å². The van der Waals surface area contributed by atoms with E-state index in [1.165, 1.54) is 10.9 Å². The Balaban J connectivity index is 1.52. The Morgan fingerprint density at radius 1 is 1.32 bits per heavy atom. The molecule has 1 aliphatic rings. The number of allylic oxidation sites excluding steroid dienone is 2. The van der Waals surface area contributed by atoms with Gasteiger partial charge in [-0.3, -0.25) is 9.79 Å². The lowest BCUT2D eigenvalue weighted by Crippen LogP contribution is -2.24. The molecular weight excluding hydrogens is 525 g/mol. The third-order valence-corrected chi connectivity index (χ3v) is 6.79. The van der Waals surface area contributed by atoms with Crippen LogP contribution in [-0.4, -0.2) is 42.4 Å². The highest BCUT2D eigenvalue weighted by Gasteiger charge is 2.29. The minimum Gasteiger partial charge on any atom is -0.384 e. The van der Waals surface area contributed by atoms with Crippen LogP contribution in [0.15, 0.2) is 65.0 Å². The molecule has 5 rings (SSSR count). The number of aryl methyl sites for hydroxylation is 1. The van der Waals surface area contributed by atoms with Crippen molar-refractivity contribution in [3.05, 3.63) is 98.7 Å². The number of nitrogens with two attached hydrogens (primary N) is 1. The van der Waals surface area contributed by atoms with E-state index in [1.807, 2.05) is 12.1 Å². The molecule has 0 amide bonds. The summed E-state index contributed by atoms with van der Waals surface area (Å²) in [6, 6.07) is 10.4. The van der Waals surface area contributed by atoms with Crippen molar-refractivity contribution in [3.63, 3.8) is 0 Å². The molecule has 4 heterocycles. The number of H-pyrrole nitrogens is 1. The van der Waals surface area contributed by atoms with Crippen LogP contribution in [0.4, 0.5) is 0 Å². The van der Waals surface area contributed by atoms with Crippen LogP contribution >= 0.6 is 23.2 Å². The van der Waals surface area contributed by atoms with Crippen LogP contribution in [0.2, 0.25) is 10.2 Å². The zero-order valence-corrected chi connectivity index (χ0v) is 21.7. The van der Waals surface area contributed by atoms with Gasteiger partial charge >= 0.3 is 0 Å². The third kappa shape index (κ3) is 4.65. The molecule has 3 aromatic heterocycles. The van der Waals surface area contributed by atoms with Crippen LogP contribution < -0.4 is 11.3 Å². The van der Waals surface area contributed by atoms with Crippen molar-refractivity contribution in [2.75, 3.05) is 7.05 Å². The van der Waals surface area contributed by atoms with E-state index in [0.29, 0.717) is 57.6 Å². The summed E-state index contributed by atoms with van der Waals surface area (Å²) in [5.74, 6) is 0.923. The molecule has 0 spiro atoms. The second-order valence-electron chi connectivity index (χ2n) is 8.61. The molecule has 3 N–H and O–H groups in total. The monoisotopic (exact) mass is 545 g/mol. The van der Waals surface area contributed by atoms with Gasteiger partial charge in [0.15, 0.2) is 10.8 Å². The number of hydrogen-bond donors (Lipinski definition) is 2. The van der Waals surface area contributed by atoms with Gasteiger partial charge in [0.05, 0.1) is 23.6 Å². The van der Waals surface area contributed by atoms with E-state index in [1.54, 1.807) is 48.0 Å². The summed E-state index contributed by atoms with van der Waals surface area (Å²) < 4.78 is 3.21. The predicted molar refractivity (Wildman–Crippen MR) is 147 cm³/mol. The fraction of sp³-hybridized carbons (Fsp3) is 0.154. The standard InChI is InChI=1S/C26H21Cl2N9O/c1-14(3-8-22(30)31-2)24-25(28)33-26(32-24)21-7-5-18-9-15(10-23(38)37(18)21)19-11-16(27)4-6-20(19)36-13-17(12-29)34-35-36/h3-4,6,8-11,13,21H,1,5,7H2,2H3,(H2,30,31)(H,32,33)/b8-3-/t21-/m0/s1. The van der Waals surface area contributed by atoms with Gasteiger partial charge in [-0.2, -0.15) is 5.26 Å². The molecular formula is C26H21Cl2N9O. The summed E-state index contributed by atoms with van der Waals surface area (Å²) in [6.07, 6.45) is 6.17. The van der Waals surface area contributed by atoms with Crippen molar-refractivity contribution in [1.82, 2.24) is 29.5 Å². The number of nitrogens with one attached hydrogen (secondary N) is 1. The van der Waals surface area contributed by atoms with Gasteiger partial charge in [-0.05, 0) is 60.4 Å². The first-order valence-corrected chi connectivity index (χ1v) is 12.3. The first-order chi connectivity index (χ1) is 18.3. The summed E-state index contributed by atoms with van der Waals surface area (Å²) in [6.45, 7) is 4.02. The highest BCUT2D eigenvalue weighted by atomic mass is 35.5. The largest absolute Gasteiger partial charge is 0.384 e. The third-order valence-electron chi connectivity index (χ3n) is 6.29. The molecule has 38 heavy (non-hydrogen) atoms. The van der Waals surface area contributed by atoms with E-state index in [2.05, 4.69) is 31.9 Å². The SMILES string of the molecule is C=C(/C=C\C(N)=N/C)c1[nH]c([C@@H]2CCc3cc(-c4cc(Cl)ccc4-n4cc(C#N)nn4)cc(=O)n32)nc1Cl. The molecule has 0 unspecified atom stereocenters.